The van der Waals surface area contributed by atoms with Crippen molar-refractivity contribution in [2.45, 2.75) is 42.9 Å². The van der Waals surface area contributed by atoms with Crippen LogP contribution in [0, 0.1) is 0 Å². The van der Waals surface area contributed by atoms with Crippen molar-refractivity contribution >= 4 is 81.7 Å². The summed E-state index contributed by atoms with van der Waals surface area (Å²) in [7, 11) is -4.97. The normalized spacial score (nSPS) is 25.7. The zero-order valence-corrected chi connectivity index (χ0v) is 20.2. The van der Waals surface area contributed by atoms with E-state index in [0.717, 1.165) is 0 Å². The minimum Gasteiger partial charge on any atom is -0.475 e. The van der Waals surface area contributed by atoms with Gasteiger partial charge in [0.15, 0.2) is 0 Å². The number of hydrogen-bond acceptors (Lipinski definition) is 11. The van der Waals surface area contributed by atoms with Gasteiger partial charge in [-0.2, -0.15) is 13.1 Å². The SMILES string of the molecule is O=C[C@H](NS(=O)(=O)O)[C@@H](O)[C@H](O[C@@H]1OC(C(=O)O)=C[C@H](O)[C@H]1O)[C@H](O)CO.[Na].[Na]. The summed E-state index contributed by atoms with van der Waals surface area (Å²) in [5.41, 5.74) is 0. The summed E-state index contributed by atoms with van der Waals surface area (Å²) in [6.45, 7) is -1.08. The molecule has 1 aliphatic rings. The van der Waals surface area contributed by atoms with E-state index in [2.05, 4.69) is 0 Å². The number of aliphatic carboxylic acids is 1. The van der Waals surface area contributed by atoms with Gasteiger partial charge in [0.05, 0.1) is 6.61 Å². The van der Waals surface area contributed by atoms with Crippen LogP contribution in [0.5, 0.6) is 0 Å². The van der Waals surface area contributed by atoms with E-state index in [1.165, 1.54) is 4.72 Å². The molecule has 0 unspecified atom stereocenters. The number of rotatable bonds is 10. The Hall–Kier alpha value is 0.310. The van der Waals surface area contributed by atoms with Gasteiger partial charge in [-0.1, -0.05) is 0 Å². The number of carboxylic acids is 1. The van der Waals surface area contributed by atoms with Gasteiger partial charge in [-0.05, 0) is 6.08 Å². The van der Waals surface area contributed by atoms with Gasteiger partial charge in [-0.3, -0.25) is 4.55 Å². The summed E-state index contributed by atoms with van der Waals surface area (Å²) >= 11 is 0. The number of carboxylic acid groups (broad SMARTS) is 1. The van der Waals surface area contributed by atoms with Gasteiger partial charge in [-0.15, -0.1) is 0 Å². The molecule has 0 aliphatic carbocycles. The topological polar surface area (TPSA) is 240 Å². The van der Waals surface area contributed by atoms with Crippen LogP contribution >= 0.6 is 0 Å². The third-order valence-corrected chi connectivity index (χ3v) is 3.97. The quantitative estimate of drug-likeness (QED) is 0.0857. The van der Waals surface area contributed by atoms with Crippen molar-refractivity contribution in [3.05, 3.63) is 11.8 Å². The van der Waals surface area contributed by atoms with Gasteiger partial charge in [-0.25, -0.2) is 4.79 Å². The van der Waals surface area contributed by atoms with Crippen molar-refractivity contribution in [3.63, 3.8) is 0 Å². The minimum atomic E-state index is -4.97. The third kappa shape index (κ3) is 9.55. The van der Waals surface area contributed by atoms with E-state index < -0.39 is 71.5 Å². The fraction of sp³-hybridized carbons (Fsp3) is 0.667. The van der Waals surface area contributed by atoms with Crippen molar-refractivity contribution in [1.29, 1.82) is 0 Å². The molecule has 1 rings (SSSR count). The molecule has 0 bridgehead atoms. The van der Waals surface area contributed by atoms with E-state index in [0.29, 0.717) is 6.08 Å². The first-order chi connectivity index (χ1) is 12.4. The Labute approximate surface area is 209 Å². The standard InChI is InChI=1S/C12H19NO13S.2Na/c14-2-4(13-27(22,23)24)8(18)10(6(17)3-15)26-12-9(19)5(16)1-7(25-12)11(20)21;;/h1-2,4-6,8-10,12-13,15-19H,3H2,(H,20,21)(H,22,23,24);;/t4-,5-,6+,8+,9+,10+,12-;;/m0../s1. The van der Waals surface area contributed by atoms with E-state index >= 15 is 0 Å². The summed E-state index contributed by atoms with van der Waals surface area (Å²) in [6.07, 6.45) is -11.4. The van der Waals surface area contributed by atoms with Crippen LogP contribution in [0.25, 0.3) is 0 Å². The van der Waals surface area contributed by atoms with Crippen LogP contribution in [0.2, 0.25) is 0 Å². The molecule has 1 aliphatic heterocycles. The van der Waals surface area contributed by atoms with Crippen molar-refractivity contribution in [2.24, 2.45) is 0 Å². The molecule has 1 heterocycles. The third-order valence-electron chi connectivity index (χ3n) is 3.40. The number of aliphatic hydroxyl groups is 5. The maximum atomic E-state index is 11.0. The predicted octanol–water partition coefficient (Wildman–Crippen LogP) is -5.67. The van der Waals surface area contributed by atoms with Gasteiger partial charge < -0.3 is 44.9 Å². The fourth-order valence-corrected chi connectivity index (χ4v) is 2.63. The Morgan fingerprint density at radius 2 is 1.86 bits per heavy atom. The van der Waals surface area contributed by atoms with E-state index in [9.17, 15) is 38.4 Å². The predicted molar refractivity (Wildman–Crippen MR) is 92.6 cm³/mol. The summed E-state index contributed by atoms with van der Waals surface area (Å²) < 4.78 is 41.4. The summed E-state index contributed by atoms with van der Waals surface area (Å²) in [5, 5.41) is 57.2. The van der Waals surface area contributed by atoms with Crippen LogP contribution in [0.4, 0.5) is 0 Å². The van der Waals surface area contributed by atoms with Gasteiger partial charge in [0.2, 0.25) is 12.0 Å². The largest absolute Gasteiger partial charge is 0.475 e. The Bertz CT molecular complexity index is 675. The van der Waals surface area contributed by atoms with Gasteiger partial charge in [0, 0.05) is 59.1 Å². The van der Waals surface area contributed by atoms with Gasteiger partial charge >= 0.3 is 16.3 Å². The molecule has 0 aromatic rings. The van der Waals surface area contributed by atoms with Crippen LogP contribution in [0.15, 0.2) is 11.8 Å². The Balaban J connectivity index is 0. The number of carbonyl (C=O) groups excluding carboxylic acids is 1. The van der Waals surface area contributed by atoms with Gasteiger partial charge in [0.25, 0.3) is 0 Å². The number of aldehydes is 1. The number of aliphatic hydroxyl groups excluding tert-OH is 5. The Kier molecular flexibility index (Phi) is 14.8. The molecule has 0 saturated heterocycles. The summed E-state index contributed by atoms with van der Waals surface area (Å²) in [4.78, 5) is 21.9. The molecule has 0 amide bonds. The monoisotopic (exact) mass is 463 g/mol. The number of hydrogen-bond donors (Lipinski definition) is 8. The number of nitrogens with one attached hydrogen (secondary N) is 1. The van der Waals surface area contributed by atoms with E-state index in [1.54, 1.807) is 0 Å². The molecule has 14 nitrogen and oxygen atoms in total. The average molecular weight is 463 g/mol. The molecule has 2 radical (unpaired) electrons. The minimum absolute atomic E-state index is 0. The molecule has 0 aromatic heterocycles. The van der Waals surface area contributed by atoms with Crippen molar-refractivity contribution < 1.29 is 62.7 Å². The van der Waals surface area contributed by atoms with E-state index in [-0.39, 0.29) is 65.4 Å². The van der Waals surface area contributed by atoms with Crippen molar-refractivity contribution in [1.82, 2.24) is 4.72 Å². The molecule has 7 atom stereocenters. The van der Waals surface area contributed by atoms with Crippen LogP contribution in [0.1, 0.15) is 0 Å². The van der Waals surface area contributed by atoms with Crippen LogP contribution < -0.4 is 4.72 Å². The van der Waals surface area contributed by atoms with Crippen LogP contribution in [-0.2, 0) is 29.4 Å². The number of carbonyl (C=O) groups is 2. The molecule has 8 N–H and O–H groups in total. The molecule has 29 heavy (non-hydrogen) atoms. The smallest absolute Gasteiger partial charge is 0.371 e. The Morgan fingerprint density at radius 1 is 1.31 bits per heavy atom. The van der Waals surface area contributed by atoms with E-state index in [4.69, 9.17) is 24.2 Å². The maximum Gasteiger partial charge on any atom is 0.371 e. The first-order valence-corrected chi connectivity index (χ1v) is 8.65. The zero-order valence-electron chi connectivity index (χ0n) is 15.4. The zero-order chi connectivity index (χ0) is 20.9. The van der Waals surface area contributed by atoms with Gasteiger partial charge in [0.1, 0.15) is 42.8 Å². The molecule has 17 heteroatoms. The molecule has 0 saturated carbocycles. The molecular weight excluding hydrogens is 444 g/mol. The molecule has 0 spiro atoms. The molecule has 0 aromatic carbocycles. The first kappa shape index (κ1) is 31.5. The molecular formula is C12H19NNa2O13S. The second-order valence-corrected chi connectivity index (χ2v) is 6.59. The molecule has 0 fully saturated rings. The van der Waals surface area contributed by atoms with Crippen LogP contribution in [0.3, 0.4) is 0 Å². The summed E-state index contributed by atoms with van der Waals surface area (Å²) in [6, 6.07) is -2.06. The number of ether oxygens (including phenoxy) is 2. The van der Waals surface area contributed by atoms with Crippen molar-refractivity contribution in [2.75, 3.05) is 6.61 Å². The first-order valence-electron chi connectivity index (χ1n) is 7.21. The summed E-state index contributed by atoms with van der Waals surface area (Å²) in [5.74, 6) is -2.49. The Morgan fingerprint density at radius 3 is 2.28 bits per heavy atom. The van der Waals surface area contributed by atoms with Crippen molar-refractivity contribution in [3.8, 4) is 0 Å². The van der Waals surface area contributed by atoms with E-state index in [1.807, 2.05) is 0 Å². The second-order valence-electron chi connectivity index (χ2n) is 5.40. The molecule has 158 valence electrons. The maximum absolute atomic E-state index is 11.0. The fourth-order valence-electron chi connectivity index (χ4n) is 2.09. The second kappa shape index (κ2) is 13.7. The average Bonchev–Trinajstić information content (AvgIpc) is 2.58. The van der Waals surface area contributed by atoms with Crippen LogP contribution in [-0.4, -0.2) is 164 Å².